The first-order valence-corrected chi connectivity index (χ1v) is 8.99. The van der Waals surface area contributed by atoms with Gasteiger partial charge in [-0.15, -0.1) is 0 Å². The Labute approximate surface area is 141 Å². The van der Waals surface area contributed by atoms with Crippen molar-refractivity contribution in [3.8, 4) is 0 Å². The van der Waals surface area contributed by atoms with E-state index >= 15 is 0 Å². The predicted molar refractivity (Wildman–Crippen MR) is 83.1 cm³/mol. The van der Waals surface area contributed by atoms with Gasteiger partial charge in [-0.1, -0.05) is 12.2 Å². The normalized spacial score (nSPS) is 43.6. The highest BCUT2D eigenvalue weighted by Gasteiger charge is 2.67. The number of carbonyl (C=O) groups is 2. The average molecular weight is 336 g/mol. The summed E-state index contributed by atoms with van der Waals surface area (Å²) in [6.45, 7) is 4.02. The quantitative estimate of drug-likeness (QED) is 0.446. The van der Waals surface area contributed by atoms with Crippen LogP contribution in [0.1, 0.15) is 26.7 Å². The number of ether oxygens (including phenoxy) is 4. The van der Waals surface area contributed by atoms with E-state index in [9.17, 15) is 9.59 Å². The Hall–Kier alpha value is -1.72. The molecule has 0 spiro atoms. The molecule has 6 nitrogen and oxygen atoms in total. The molecule has 8 unspecified atom stereocenters. The highest BCUT2D eigenvalue weighted by molar-refractivity contribution is 5.62. The molecule has 0 saturated heterocycles. The second kappa shape index (κ2) is 5.97. The zero-order valence-electron chi connectivity index (χ0n) is 14.1. The molecule has 132 valence electrons. The van der Waals surface area contributed by atoms with Crippen LogP contribution in [0.25, 0.3) is 0 Å². The van der Waals surface area contributed by atoms with E-state index < -0.39 is 24.5 Å². The highest BCUT2D eigenvalue weighted by Crippen LogP contribution is 2.66. The maximum atomic E-state index is 11.9. The van der Waals surface area contributed by atoms with Gasteiger partial charge in [0.25, 0.3) is 0 Å². The van der Waals surface area contributed by atoms with E-state index in [1.54, 1.807) is 13.8 Å². The Balaban J connectivity index is 1.54. The van der Waals surface area contributed by atoms with E-state index in [4.69, 9.17) is 18.9 Å². The zero-order chi connectivity index (χ0) is 16.8. The second-order valence-corrected chi connectivity index (χ2v) is 7.20. The van der Waals surface area contributed by atoms with Crippen molar-refractivity contribution in [2.45, 2.75) is 38.9 Å². The lowest BCUT2D eigenvalue weighted by Crippen LogP contribution is -2.47. The lowest BCUT2D eigenvalue weighted by atomic mass is 9.71. The van der Waals surface area contributed by atoms with Gasteiger partial charge in [0.1, 0.15) is 12.2 Å². The third-order valence-electron chi connectivity index (χ3n) is 6.27. The fourth-order valence-electron chi connectivity index (χ4n) is 5.76. The van der Waals surface area contributed by atoms with Gasteiger partial charge in [0.05, 0.1) is 13.2 Å². The Morgan fingerprint density at radius 3 is 1.71 bits per heavy atom. The van der Waals surface area contributed by atoms with Gasteiger partial charge in [-0.25, -0.2) is 9.59 Å². The predicted octanol–water partition coefficient (Wildman–Crippen LogP) is 3.16. The van der Waals surface area contributed by atoms with Crippen LogP contribution in [0.4, 0.5) is 9.59 Å². The minimum Gasteiger partial charge on any atom is -0.435 e. The van der Waals surface area contributed by atoms with E-state index in [1.165, 1.54) is 6.42 Å². The van der Waals surface area contributed by atoms with E-state index in [0.29, 0.717) is 23.7 Å². The highest BCUT2D eigenvalue weighted by atomic mass is 16.8. The molecule has 24 heavy (non-hydrogen) atoms. The van der Waals surface area contributed by atoms with Crippen LogP contribution in [0.3, 0.4) is 0 Å². The summed E-state index contributed by atoms with van der Waals surface area (Å²) in [6, 6.07) is 0. The number of carbonyl (C=O) groups excluding carboxylic acids is 2. The summed E-state index contributed by atoms with van der Waals surface area (Å²) >= 11 is 0. The van der Waals surface area contributed by atoms with Crippen molar-refractivity contribution >= 4 is 12.3 Å². The molecule has 0 aliphatic heterocycles. The monoisotopic (exact) mass is 336 g/mol. The average Bonchev–Trinajstić information content (AvgIpc) is 3.27. The maximum Gasteiger partial charge on any atom is 0.508 e. The standard InChI is InChI=1S/C18H24O6/c1-3-21-17(19)23-15-11-8-12(16(15)24-18(20)22-4-2)14-10-6-5-9(7-10)13(11)14/h5-6,9-16H,3-4,7-8H2,1-2H3. The molecule has 8 atom stereocenters. The van der Waals surface area contributed by atoms with Crippen LogP contribution in [-0.4, -0.2) is 37.7 Å². The minimum atomic E-state index is -0.678. The molecule has 4 rings (SSSR count). The van der Waals surface area contributed by atoms with Gasteiger partial charge in [-0.2, -0.15) is 0 Å². The first kappa shape index (κ1) is 15.8. The lowest BCUT2D eigenvalue weighted by molar-refractivity contribution is -0.0990. The fourth-order valence-corrected chi connectivity index (χ4v) is 5.76. The van der Waals surface area contributed by atoms with Gasteiger partial charge >= 0.3 is 12.3 Å². The van der Waals surface area contributed by atoms with Crippen LogP contribution in [-0.2, 0) is 18.9 Å². The molecule has 0 radical (unpaired) electrons. The summed E-state index contributed by atoms with van der Waals surface area (Å²) in [5.74, 6) is 2.70. The van der Waals surface area contributed by atoms with E-state index in [-0.39, 0.29) is 25.0 Å². The molecular formula is C18H24O6. The Bertz CT molecular complexity index is 512. The molecule has 0 heterocycles. The third-order valence-corrected chi connectivity index (χ3v) is 6.27. The SMILES string of the molecule is CCOC(=O)OC1C2CC(C1OC(=O)OCC)C1C3C=CC(C3)C21. The Morgan fingerprint density at radius 2 is 1.29 bits per heavy atom. The van der Waals surface area contributed by atoms with Crippen molar-refractivity contribution in [2.24, 2.45) is 35.5 Å². The van der Waals surface area contributed by atoms with E-state index in [1.807, 2.05) is 0 Å². The van der Waals surface area contributed by atoms with Crippen molar-refractivity contribution < 1.29 is 28.5 Å². The fraction of sp³-hybridized carbons (Fsp3) is 0.778. The largest absolute Gasteiger partial charge is 0.508 e. The summed E-state index contributed by atoms with van der Waals surface area (Å²) < 4.78 is 21.0. The molecule has 0 N–H and O–H groups in total. The van der Waals surface area contributed by atoms with Gasteiger partial charge in [0, 0.05) is 11.8 Å². The van der Waals surface area contributed by atoms with Crippen molar-refractivity contribution in [2.75, 3.05) is 13.2 Å². The first-order chi connectivity index (χ1) is 11.6. The van der Waals surface area contributed by atoms with Crippen molar-refractivity contribution in [1.29, 1.82) is 0 Å². The van der Waals surface area contributed by atoms with Crippen molar-refractivity contribution in [3.63, 3.8) is 0 Å². The maximum absolute atomic E-state index is 11.9. The van der Waals surface area contributed by atoms with Gasteiger partial charge in [0.2, 0.25) is 0 Å². The molecule has 0 aromatic carbocycles. The first-order valence-electron chi connectivity index (χ1n) is 8.99. The molecule has 3 fully saturated rings. The molecule has 4 bridgehead atoms. The second-order valence-electron chi connectivity index (χ2n) is 7.20. The topological polar surface area (TPSA) is 71.1 Å². The number of allylic oxidation sites excluding steroid dienone is 2. The van der Waals surface area contributed by atoms with Crippen molar-refractivity contribution in [1.82, 2.24) is 0 Å². The summed E-state index contributed by atoms with van der Waals surface area (Å²) in [5, 5.41) is 0. The van der Waals surface area contributed by atoms with Crippen LogP contribution >= 0.6 is 0 Å². The van der Waals surface area contributed by atoms with Gasteiger partial charge < -0.3 is 18.9 Å². The van der Waals surface area contributed by atoms with Crippen LogP contribution in [0, 0.1) is 35.5 Å². The van der Waals surface area contributed by atoms with Gasteiger partial charge in [-0.05, 0) is 50.4 Å². The van der Waals surface area contributed by atoms with E-state index in [2.05, 4.69) is 12.2 Å². The molecule has 4 aliphatic carbocycles. The molecule has 0 aromatic heterocycles. The molecule has 6 heteroatoms. The van der Waals surface area contributed by atoms with Crippen LogP contribution in [0.5, 0.6) is 0 Å². The number of rotatable bonds is 4. The number of fused-ring (bicyclic) bond motifs is 9. The van der Waals surface area contributed by atoms with E-state index in [0.717, 1.165) is 6.42 Å². The number of hydrogen-bond acceptors (Lipinski definition) is 6. The lowest BCUT2D eigenvalue weighted by Gasteiger charge is -2.40. The third kappa shape index (κ3) is 2.30. The van der Waals surface area contributed by atoms with Crippen LogP contribution in [0.2, 0.25) is 0 Å². The Kier molecular flexibility index (Phi) is 3.93. The summed E-state index contributed by atoms with van der Waals surface area (Å²) in [7, 11) is 0. The summed E-state index contributed by atoms with van der Waals surface area (Å²) in [4.78, 5) is 23.7. The van der Waals surface area contributed by atoms with Gasteiger partial charge in [-0.3, -0.25) is 0 Å². The van der Waals surface area contributed by atoms with Crippen LogP contribution < -0.4 is 0 Å². The molecule has 0 amide bonds. The smallest absolute Gasteiger partial charge is 0.435 e. The van der Waals surface area contributed by atoms with Crippen LogP contribution in [0.15, 0.2) is 12.2 Å². The minimum absolute atomic E-state index is 0.240. The molecule has 3 saturated carbocycles. The van der Waals surface area contributed by atoms with Gasteiger partial charge in [0.15, 0.2) is 0 Å². The molecule has 0 aromatic rings. The molecular weight excluding hydrogens is 312 g/mol. The summed E-state index contributed by atoms with van der Waals surface area (Å²) in [5.41, 5.74) is 0. The van der Waals surface area contributed by atoms with Crippen molar-refractivity contribution in [3.05, 3.63) is 12.2 Å². The summed E-state index contributed by atoms with van der Waals surface area (Å²) in [6.07, 6.45) is 4.55. The Morgan fingerprint density at radius 1 is 0.833 bits per heavy atom. The zero-order valence-corrected chi connectivity index (χ0v) is 14.1. The molecule has 4 aliphatic rings. The number of hydrogen-bond donors (Lipinski definition) is 0.